The molecule has 2 rings (SSSR count). The second-order valence-corrected chi connectivity index (χ2v) is 6.69. The molecule has 0 aromatic heterocycles. The van der Waals surface area contributed by atoms with E-state index in [1.54, 1.807) is 0 Å². The highest BCUT2D eigenvalue weighted by Crippen LogP contribution is 2.28. The number of quaternary nitrogens is 1. The molecule has 22 heavy (non-hydrogen) atoms. The molecule has 0 aliphatic heterocycles. The molecule has 0 spiro atoms. The van der Waals surface area contributed by atoms with Crippen LogP contribution >= 0.6 is 0 Å². The summed E-state index contributed by atoms with van der Waals surface area (Å²) in [6.45, 7) is 5.42. The summed E-state index contributed by atoms with van der Waals surface area (Å²) in [7, 11) is 2.02. The maximum Gasteiger partial charge on any atom is 0.276 e. The second kappa shape index (κ2) is 6.93. The van der Waals surface area contributed by atoms with Crippen LogP contribution in [0, 0.1) is 25.2 Å². The summed E-state index contributed by atoms with van der Waals surface area (Å²) in [6, 6.07) is 8.73. The van der Waals surface area contributed by atoms with Crippen molar-refractivity contribution in [2.75, 3.05) is 13.6 Å². The van der Waals surface area contributed by atoms with Crippen molar-refractivity contribution in [3.8, 4) is 6.07 Å². The smallest absolute Gasteiger partial charge is 0.276 e. The standard InChI is InChI=1S/C18H25N3O/c1-14-6-7-16(15(2)10-14)11-21(3)12-17(22)20-18(13-19)8-4-5-9-18/h6-7,10H,4-5,8-9,11-12H2,1-3H3,(H,20,22)/p+1. The van der Waals surface area contributed by atoms with Crippen molar-refractivity contribution < 1.29 is 9.69 Å². The zero-order valence-electron chi connectivity index (χ0n) is 13.8. The summed E-state index contributed by atoms with van der Waals surface area (Å²) in [4.78, 5) is 13.4. The monoisotopic (exact) mass is 300 g/mol. The van der Waals surface area contributed by atoms with Gasteiger partial charge in [-0.05, 0) is 45.1 Å². The van der Waals surface area contributed by atoms with Crippen molar-refractivity contribution in [3.05, 3.63) is 34.9 Å². The molecular formula is C18H26N3O+. The minimum absolute atomic E-state index is 0.0225. The van der Waals surface area contributed by atoms with Gasteiger partial charge in [0.25, 0.3) is 5.91 Å². The number of nitrogens with zero attached hydrogens (tertiary/aromatic N) is 1. The third-order valence-corrected chi connectivity index (χ3v) is 4.50. The van der Waals surface area contributed by atoms with Crippen LogP contribution < -0.4 is 10.2 Å². The summed E-state index contributed by atoms with van der Waals surface area (Å²) >= 11 is 0. The molecule has 0 heterocycles. The Kier molecular flexibility index (Phi) is 5.20. The largest absolute Gasteiger partial charge is 0.333 e. The van der Waals surface area contributed by atoms with Gasteiger partial charge in [-0.2, -0.15) is 5.26 Å². The first-order chi connectivity index (χ1) is 10.4. The van der Waals surface area contributed by atoms with Crippen LogP contribution in [-0.4, -0.2) is 25.0 Å². The average Bonchev–Trinajstić information content (AvgIpc) is 2.91. The quantitative estimate of drug-likeness (QED) is 0.860. The molecule has 0 bridgehead atoms. The second-order valence-electron chi connectivity index (χ2n) is 6.69. The van der Waals surface area contributed by atoms with Crippen molar-refractivity contribution in [1.82, 2.24) is 5.32 Å². The Hall–Kier alpha value is -1.86. The normalized spacial score (nSPS) is 17.7. The van der Waals surface area contributed by atoms with Gasteiger partial charge in [0.05, 0.1) is 13.1 Å². The lowest BCUT2D eigenvalue weighted by Gasteiger charge is -2.23. The lowest BCUT2D eigenvalue weighted by molar-refractivity contribution is -0.885. The Morgan fingerprint density at radius 3 is 2.64 bits per heavy atom. The van der Waals surface area contributed by atoms with E-state index in [-0.39, 0.29) is 5.91 Å². The van der Waals surface area contributed by atoms with E-state index in [0.717, 1.165) is 37.1 Å². The number of carbonyl (C=O) groups excluding carboxylic acids is 1. The maximum atomic E-state index is 12.2. The Labute approximate surface area is 133 Å². The molecule has 1 amide bonds. The van der Waals surface area contributed by atoms with Gasteiger partial charge in [-0.3, -0.25) is 4.79 Å². The number of rotatable bonds is 5. The molecular weight excluding hydrogens is 274 g/mol. The third-order valence-electron chi connectivity index (χ3n) is 4.50. The SMILES string of the molecule is Cc1ccc(C[NH+](C)CC(=O)NC2(C#N)CCCC2)c(C)c1. The maximum absolute atomic E-state index is 12.2. The van der Waals surface area contributed by atoms with Crippen LogP contribution in [0.4, 0.5) is 0 Å². The highest BCUT2D eigenvalue weighted by molar-refractivity contribution is 5.78. The average molecular weight is 300 g/mol. The van der Waals surface area contributed by atoms with Gasteiger partial charge in [-0.25, -0.2) is 0 Å². The molecule has 1 aromatic carbocycles. The first-order valence-corrected chi connectivity index (χ1v) is 8.04. The first kappa shape index (κ1) is 16.5. The molecule has 4 nitrogen and oxygen atoms in total. The number of likely N-dealkylation sites (N-methyl/N-ethyl adjacent to an activating group) is 1. The van der Waals surface area contributed by atoms with Crippen LogP contribution in [0.15, 0.2) is 18.2 Å². The van der Waals surface area contributed by atoms with Gasteiger partial charge in [0.15, 0.2) is 6.54 Å². The van der Waals surface area contributed by atoms with E-state index in [0.29, 0.717) is 6.54 Å². The fourth-order valence-electron chi connectivity index (χ4n) is 3.26. The number of amides is 1. The number of hydrogen-bond acceptors (Lipinski definition) is 2. The third kappa shape index (κ3) is 4.08. The van der Waals surface area contributed by atoms with E-state index in [2.05, 4.69) is 43.4 Å². The van der Waals surface area contributed by atoms with Crippen LogP contribution in [0.25, 0.3) is 0 Å². The lowest BCUT2D eigenvalue weighted by atomic mass is 10.00. The molecule has 2 N–H and O–H groups in total. The van der Waals surface area contributed by atoms with Gasteiger partial charge in [-0.1, -0.05) is 23.8 Å². The number of carbonyl (C=O) groups is 1. The zero-order valence-corrected chi connectivity index (χ0v) is 13.8. The Balaban J connectivity index is 1.90. The van der Waals surface area contributed by atoms with Crippen LogP contribution in [0.3, 0.4) is 0 Å². The number of nitriles is 1. The minimum atomic E-state index is -0.614. The van der Waals surface area contributed by atoms with E-state index in [1.165, 1.54) is 16.7 Å². The zero-order chi connectivity index (χ0) is 16.2. The molecule has 1 saturated carbocycles. The van der Waals surface area contributed by atoms with Crippen molar-refractivity contribution in [1.29, 1.82) is 5.26 Å². The van der Waals surface area contributed by atoms with E-state index >= 15 is 0 Å². The predicted molar refractivity (Wildman–Crippen MR) is 86.3 cm³/mol. The van der Waals surface area contributed by atoms with E-state index in [1.807, 2.05) is 7.05 Å². The molecule has 118 valence electrons. The molecule has 1 fully saturated rings. The number of hydrogen-bond donors (Lipinski definition) is 2. The van der Waals surface area contributed by atoms with Gasteiger partial charge in [0, 0.05) is 5.56 Å². The molecule has 1 unspecified atom stereocenters. The molecule has 0 radical (unpaired) electrons. The fourth-order valence-corrected chi connectivity index (χ4v) is 3.26. The van der Waals surface area contributed by atoms with Gasteiger partial charge >= 0.3 is 0 Å². The predicted octanol–water partition coefficient (Wildman–Crippen LogP) is 1.27. The number of nitrogens with one attached hydrogen (secondary N) is 2. The molecule has 1 aliphatic rings. The van der Waals surface area contributed by atoms with Crippen molar-refractivity contribution in [2.24, 2.45) is 0 Å². The Morgan fingerprint density at radius 2 is 2.05 bits per heavy atom. The number of benzene rings is 1. The molecule has 4 heteroatoms. The summed E-state index contributed by atoms with van der Waals surface area (Å²) in [6.07, 6.45) is 3.62. The first-order valence-electron chi connectivity index (χ1n) is 8.04. The van der Waals surface area contributed by atoms with E-state index < -0.39 is 5.54 Å². The summed E-state index contributed by atoms with van der Waals surface area (Å²) in [5, 5.41) is 12.3. The van der Waals surface area contributed by atoms with Crippen LogP contribution in [0.1, 0.15) is 42.4 Å². The fraction of sp³-hybridized carbons (Fsp3) is 0.556. The van der Waals surface area contributed by atoms with Gasteiger partial charge in [-0.15, -0.1) is 0 Å². The highest BCUT2D eigenvalue weighted by Gasteiger charge is 2.35. The van der Waals surface area contributed by atoms with Crippen molar-refractivity contribution >= 4 is 5.91 Å². The van der Waals surface area contributed by atoms with Crippen LogP contribution in [0.2, 0.25) is 0 Å². The molecule has 1 atom stereocenters. The summed E-state index contributed by atoms with van der Waals surface area (Å²) < 4.78 is 0. The van der Waals surface area contributed by atoms with E-state index in [9.17, 15) is 10.1 Å². The van der Waals surface area contributed by atoms with Crippen molar-refractivity contribution in [3.63, 3.8) is 0 Å². The van der Waals surface area contributed by atoms with Gasteiger partial charge < -0.3 is 10.2 Å². The summed E-state index contributed by atoms with van der Waals surface area (Å²) in [5.41, 5.74) is 3.18. The number of aryl methyl sites for hydroxylation is 2. The van der Waals surface area contributed by atoms with Gasteiger partial charge in [0.2, 0.25) is 0 Å². The minimum Gasteiger partial charge on any atom is -0.333 e. The highest BCUT2D eigenvalue weighted by atomic mass is 16.2. The topological polar surface area (TPSA) is 57.3 Å². The van der Waals surface area contributed by atoms with Gasteiger partial charge in [0.1, 0.15) is 12.1 Å². The Bertz CT molecular complexity index is 582. The van der Waals surface area contributed by atoms with Crippen LogP contribution in [-0.2, 0) is 11.3 Å². The molecule has 1 aliphatic carbocycles. The van der Waals surface area contributed by atoms with E-state index in [4.69, 9.17) is 0 Å². The van der Waals surface area contributed by atoms with Crippen molar-refractivity contribution in [2.45, 2.75) is 51.6 Å². The molecule has 0 saturated heterocycles. The summed E-state index contributed by atoms with van der Waals surface area (Å²) in [5.74, 6) is -0.0225. The molecule has 1 aromatic rings. The Morgan fingerprint density at radius 1 is 1.36 bits per heavy atom. The lowest BCUT2D eigenvalue weighted by Crippen LogP contribution is -3.09. The van der Waals surface area contributed by atoms with Crippen LogP contribution in [0.5, 0.6) is 0 Å².